The van der Waals surface area contributed by atoms with Gasteiger partial charge in [-0.1, -0.05) is 79.3 Å². The summed E-state index contributed by atoms with van der Waals surface area (Å²) < 4.78 is 0. The van der Waals surface area contributed by atoms with Gasteiger partial charge in [-0.15, -0.1) is 0 Å². The van der Waals surface area contributed by atoms with Crippen molar-refractivity contribution in [2.45, 2.75) is 101 Å². The predicted molar refractivity (Wildman–Crippen MR) is 156 cm³/mol. The molecule has 3 heteroatoms. The van der Waals surface area contributed by atoms with E-state index in [0.717, 1.165) is 6.67 Å². The average molecular weight is 497 g/mol. The number of nitrogens with zero attached hydrogens (tertiary/aromatic N) is 2. The lowest BCUT2D eigenvalue weighted by Crippen LogP contribution is -2.34. The van der Waals surface area contributed by atoms with Crippen LogP contribution in [0.1, 0.15) is 102 Å². The van der Waals surface area contributed by atoms with Gasteiger partial charge in [0.25, 0.3) is 0 Å². The summed E-state index contributed by atoms with van der Waals surface area (Å²) >= 11 is 1.96. The Morgan fingerprint density at radius 2 is 1.31 bits per heavy atom. The maximum Gasteiger partial charge on any atom is 0.100 e. The monoisotopic (exact) mass is 496 g/mol. The van der Waals surface area contributed by atoms with Gasteiger partial charge in [-0.3, -0.25) is 0 Å². The molecule has 0 saturated heterocycles. The molecule has 3 aromatic carbocycles. The van der Waals surface area contributed by atoms with Crippen molar-refractivity contribution in [1.82, 2.24) is 0 Å². The molecule has 1 aliphatic carbocycles. The minimum Gasteiger partial charge on any atom is -0.321 e. The molecule has 0 unspecified atom stereocenters. The molecule has 0 aromatic heterocycles. The minimum atomic E-state index is 0.210. The number of rotatable bonds is 3. The third-order valence-corrected chi connectivity index (χ3v) is 9.97. The second-order valence-electron chi connectivity index (χ2n) is 13.0. The Bertz CT molecular complexity index is 1340. The molecule has 0 N–H and O–H groups in total. The van der Waals surface area contributed by atoms with Crippen LogP contribution in [-0.2, 0) is 10.8 Å². The number of para-hydroxylation sites is 1. The molecule has 0 bridgehead atoms. The Balaban J connectivity index is 1.51. The highest BCUT2D eigenvalue weighted by Crippen LogP contribution is 2.59. The highest BCUT2D eigenvalue weighted by Gasteiger charge is 2.41. The summed E-state index contributed by atoms with van der Waals surface area (Å²) in [6, 6.07) is 19.2. The first-order valence-corrected chi connectivity index (χ1v) is 14.5. The van der Waals surface area contributed by atoms with Gasteiger partial charge in [0.15, 0.2) is 0 Å². The fourth-order valence-corrected chi connectivity index (χ4v) is 7.41. The Labute approximate surface area is 222 Å². The molecule has 0 amide bonds. The molecule has 2 heterocycles. The molecule has 188 valence electrons. The lowest BCUT2D eigenvalue weighted by molar-refractivity contribution is 0.331. The quantitative estimate of drug-likeness (QED) is 0.356. The van der Waals surface area contributed by atoms with E-state index in [-0.39, 0.29) is 10.8 Å². The average Bonchev–Trinajstić information content (AvgIpc) is 3.22. The fourth-order valence-electron chi connectivity index (χ4n) is 6.26. The van der Waals surface area contributed by atoms with Gasteiger partial charge < -0.3 is 9.80 Å². The molecule has 6 rings (SSSR count). The minimum absolute atomic E-state index is 0.210. The predicted octanol–water partition coefficient (Wildman–Crippen LogP) is 9.99. The van der Waals surface area contributed by atoms with E-state index in [4.69, 9.17) is 0 Å². The lowest BCUT2D eigenvalue weighted by Gasteiger charge is -2.43. The van der Waals surface area contributed by atoms with E-state index >= 15 is 0 Å². The molecule has 0 atom stereocenters. The van der Waals surface area contributed by atoms with Gasteiger partial charge in [0, 0.05) is 15.5 Å². The highest BCUT2D eigenvalue weighted by atomic mass is 32.2. The van der Waals surface area contributed by atoms with Gasteiger partial charge >= 0.3 is 0 Å². The summed E-state index contributed by atoms with van der Waals surface area (Å²) in [6.07, 6.45) is 2.49. The zero-order valence-corrected chi connectivity index (χ0v) is 24.0. The van der Waals surface area contributed by atoms with Crippen molar-refractivity contribution in [2.24, 2.45) is 0 Å². The third kappa shape index (κ3) is 3.61. The molecule has 0 saturated carbocycles. The summed E-state index contributed by atoms with van der Waals surface area (Å²) in [5, 5.41) is 0. The molecular formula is C33H40N2S. The Kier molecular flexibility index (Phi) is 5.36. The van der Waals surface area contributed by atoms with Crippen molar-refractivity contribution in [3.63, 3.8) is 0 Å². The van der Waals surface area contributed by atoms with Crippen LogP contribution in [0, 0.1) is 0 Å². The molecule has 0 spiro atoms. The largest absolute Gasteiger partial charge is 0.321 e. The second kappa shape index (κ2) is 8.05. The van der Waals surface area contributed by atoms with E-state index in [9.17, 15) is 0 Å². The number of hydrogen-bond acceptors (Lipinski definition) is 3. The van der Waals surface area contributed by atoms with Crippen LogP contribution in [0.15, 0.2) is 58.3 Å². The van der Waals surface area contributed by atoms with Crippen molar-refractivity contribution in [2.75, 3.05) is 16.5 Å². The second-order valence-corrected chi connectivity index (χ2v) is 14.1. The first-order valence-electron chi connectivity index (χ1n) is 13.7. The Morgan fingerprint density at radius 3 is 1.92 bits per heavy atom. The van der Waals surface area contributed by atoms with E-state index in [0.29, 0.717) is 11.8 Å². The number of hydrogen-bond donors (Lipinski definition) is 0. The van der Waals surface area contributed by atoms with Gasteiger partial charge in [-0.25, -0.2) is 0 Å². The smallest absolute Gasteiger partial charge is 0.100 e. The summed E-state index contributed by atoms with van der Waals surface area (Å²) in [6.45, 7) is 19.8. The van der Waals surface area contributed by atoms with Crippen LogP contribution in [0.3, 0.4) is 0 Å². The third-order valence-electron chi connectivity index (χ3n) is 8.87. The SMILES string of the molecule is CC(C)c1cc(C(C)C)cc(N2CN3c4cc5c(cc4Sc4cccc2c43)C(C)(C)CCC5(C)C)c1. The lowest BCUT2D eigenvalue weighted by atomic mass is 9.63. The van der Waals surface area contributed by atoms with Crippen LogP contribution >= 0.6 is 11.8 Å². The van der Waals surface area contributed by atoms with Crippen molar-refractivity contribution < 1.29 is 0 Å². The van der Waals surface area contributed by atoms with Crippen molar-refractivity contribution in [3.8, 4) is 0 Å². The van der Waals surface area contributed by atoms with Crippen molar-refractivity contribution >= 4 is 34.5 Å². The van der Waals surface area contributed by atoms with E-state index < -0.39 is 0 Å². The maximum atomic E-state index is 2.59. The molecule has 0 fully saturated rings. The van der Waals surface area contributed by atoms with Crippen LogP contribution < -0.4 is 9.80 Å². The van der Waals surface area contributed by atoms with Crippen molar-refractivity contribution in [3.05, 3.63) is 70.8 Å². The van der Waals surface area contributed by atoms with Crippen LogP contribution in [0.2, 0.25) is 0 Å². The molecule has 3 aromatic rings. The standard InChI is InChI=1S/C33H40N2S/c1-20(2)22-14-23(21(3)4)16-24(15-22)34-19-35-28-17-25-26(33(7,8)13-12-32(25,5)6)18-30(28)36-29-11-9-10-27(34)31(29)35/h9-11,14-18,20-21H,12-13,19H2,1-8H3. The fraction of sp³-hybridized carbons (Fsp3) is 0.455. The van der Waals surface area contributed by atoms with Crippen LogP contribution in [0.5, 0.6) is 0 Å². The maximum absolute atomic E-state index is 2.59. The van der Waals surface area contributed by atoms with Gasteiger partial charge in [0.05, 0.1) is 17.1 Å². The number of benzene rings is 3. The summed E-state index contributed by atoms with van der Waals surface area (Å²) in [5.74, 6) is 1.02. The zero-order valence-electron chi connectivity index (χ0n) is 23.2. The van der Waals surface area contributed by atoms with E-state index in [1.165, 1.54) is 56.5 Å². The topological polar surface area (TPSA) is 6.48 Å². The molecule has 3 aliphatic rings. The molecule has 2 aliphatic heterocycles. The summed E-state index contributed by atoms with van der Waals surface area (Å²) in [4.78, 5) is 7.91. The first-order chi connectivity index (χ1) is 17.0. The van der Waals surface area contributed by atoms with Crippen LogP contribution in [0.25, 0.3) is 0 Å². The summed E-state index contributed by atoms with van der Waals surface area (Å²) in [7, 11) is 0. The Hall–Kier alpha value is -2.39. The molecule has 0 radical (unpaired) electrons. The Morgan fingerprint density at radius 1 is 0.694 bits per heavy atom. The van der Waals surface area contributed by atoms with Gasteiger partial charge in [-0.05, 0) is 94.2 Å². The molecular weight excluding hydrogens is 456 g/mol. The molecule has 36 heavy (non-hydrogen) atoms. The zero-order chi connectivity index (χ0) is 25.6. The molecule has 2 nitrogen and oxygen atoms in total. The van der Waals surface area contributed by atoms with Crippen LogP contribution in [-0.4, -0.2) is 6.67 Å². The van der Waals surface area contributed by atoms with Gasteiger partial charge in [0.1, 0.15) is 6.67 Å². The highest BCUT2D eigenvalue weighted by molar-refractivity contribution is 7.99. The van der Waals surface area contributed by atoms with Crippen LogP contribution in [0.4, 0.5) is 22.7 Å². The number of anilines is 4. The van der Waals surface area contributed by atoms with Crippen molar-refractivity contribution in [1.29, 1.82) is 0 Å². The van der Waals surface area contributed by atoms with Gasteiger partial charge in [-0.2, -0.15) is 0 Å². The first kappa shape index (κ1) is 24.0. The normalized spacial score (nSPS) is 18.9. The van der Waals surface area contributed by atoms with E-state index in [2.05, 4.69) is 114 Å². The summed E-state index contributed by atoms with van der Waals surface area (Å²) in [5.41, 5.74) is 11.8. The number of fused-ring (bicyclic) bond motifs is 3. The van der Waals surface area contributed by atoms with Gasteiger partial charge in [0.2, 0.25) is 0 Å². The van der Waals surface area contributed by atoms with E-state index in [1.54, 1.807) is 11.1 Å². The van der Waals surface area contributed by atoms with E-state index in [1.807, 2.05) is 11.8 Å².